The molecule has 0 saturated carbocycles. The first-order valence-electron chi connectivity index (χ1n) is 6.55. The molecule has 1 aliphatic heterocycles. The molecule has 1 aromatic carbocycles. The zero-order chi connectivity index (χ0) is 12.5. The minimum Gasteiger partial charge on any atom is -0.487 e. The van der Waals surface area contributed by atoms with Gasteiger partial charge in [0.05, 0.1) is 0 Å². The molecule has 0 fully saturated rings. The van der Waals surface area contributed by atoms with Crippen LogP contribution in [0.15, 0.2) is 18.2 Å². The molecule has 0 amide bonds. The molecule has 1 aliphatic rings. The summed E-state index contributed by atoms with van der Waals surface area (Å²) in [4.78, 5) is 0. The molecule has 1 heterocycles. The molecule has 1 N–H and O–H groups in total. The lowest BCUT2D eigenvalue weighted by Gasteiger charge is -2.40. The molecule has 94 valence electrons. The van der Waals surface area contributed by atoms with E-state index in [9.17, 15) is 0 Å². The summed E-state index contributed by atoms with van der Waals surface area (Å²) in [5, 5.41) is 3.42. The fourth-order valence-corrected chi connectivity index (χ4v) is 2.82. The molecular weight excluding hydrogens is 210 g/mol. The van der Waals surface area contributed by atoms with Crippen LogP contribution in [-0.2, 0) is 0 Å². The van der Waals surface area contributed by atoms with Gasteiger partial charge in [-0.25, -0.2) is 0 Å². The molecular formula is C15H23NO. The van der Waals surface area contributed by atoms with Crippen molar-refractivity contribution in [2.75, 3.05) is 7.05 Å². The average Bonchev–Trinajstić information content (AvgIpc) is 2.29. The van der Waals surface area contributed by atoms with Crippen molar-refractivity contribution in [1.29, 1.82) is 0 Å². The molecule has 2 nitrogen and oxygen atoms in total. The maximum atomic E-state index is 6.21. The van der Waals surface area contributed by atoms with Crippen LogP contribution in [0, 0.1) is 6.92 Å². The van der Waals surface area contributed by atoms with Crippen molar-refractivity contribution in [3.05, 3.63) is 29.3 Å². The normalized spacial score (nSPS) is 27.4. The predicted octanol–water partition coefficient (Wildman–Crippen LogP) is 3.60. The van der Waals surface area contributed by atoms with Crippen LogP contribution in [0.5, 0.6) is 5.75 Å². The Hall–Kier alpha value is -1.02. The summed E-state index contributed by atoms with van der Waals surface area (Å²) in [7, 11) is 2.04. The molecule has 2 heteroatoms. The molecule has 0 radical (unpaired) electrons. The summed E-state index contributed by atoms with van der Waals surface area (Å²) >= 11 is 0. The van der Waals surface area contributed by atoms with Gasteiger partial charge in [0, 0.05) is 18.0 Å². The first-order valence-corrected chi connectivity index (χ1v) is 6.55. The second kappa shape index (κ2) is 4.69. The van der Waals surface area contributed by atoms with Gasteiger partial charge in [-0.2, -0.15) is 0 Å². The molecule has 0 bridgehead atoms. The molecule has 2 unspecified atom stereocenters. The van der Waals surface area contributed by atoms with Gasteiger partial charge in [0.15, 0.2) is 0 Å². The van der Waals surface area contributed by atoms with E-state index in [-0.39, 0.29) is 5.60 Å². The van der Waals surface area contributed by atoms with Crippen molar-refractivity contribution in [2.24, 2.45) is 0 Å². The second-order valence-electron chi connectivity index (χ2n) is 5.39. The Bertz CT molecular complexity index is 402. The Labute approximate surface area is 104 Å². The lowest BCUT2D eigenvalue weighted by atomic mass is 9.85. The van der Waals surface area contributed by atoms with Gasteiger partial charge in [-0.3, -0.25) is 0 Å². The number of aryl methyl sites for hydroxylation is 1. The highest BCUT2D eigenvalue weighted by atomic mass is 16.5. The van der Waals surface area contributed by atoms with Crippen molar-refractivity contribution in [2.45, 2.75) is 51.7 Å². The van der Waals surface area contributed by atoms with E-state index in [0.29, 0.717) is 6.04 Å². The Kier molecular flexibility index (Phi) is 3.43. The maximum Gasteiger partial charge on any atom is 0.124 e. The number of rotatable bonds is 3. The first-order chi connectivity index (χ1) is 8.08. The molecule has 2 rings (SSSR count). The highest BCUT2D eigenvalue weighted by molar-refractivity contribution is 5.41. The second-order valence-corrected chi connectivity index (χ2v) is 5.39. The topological polar surface area (TPSA) is 21.3 Å². The maximum absolute atomic E-state index is 6.21. The van der Waals surface area contributed by atoms with Gasteiger partial charge in [0.2, 0.25) is 0 Å². The summed E-state index contributed by atoms with van der Waals surface area (Å²) in [6.45, 7) is 6.57. The van der Waals surface area contributed by atoms with Crippen LogP contribution in [0.2, 0.25) is 0 Å². The molecule has 0 spiro atoms. The summed E-state index contributed by atoms with van der Waals surface area (Å²) in [5.74, 6) is 1.05. The Morgan fingerprint density at radius 1 is 1.47 bits per heavy atom. The number of benzene rings is 1. The van der Waals surface area contributed by atoms with E-state index >= 15 is 0 Å². The Balaban J connectivity index is 2.35. The Morgan fingerprint density at radius 2 is 2.24 bits per heavy atom. The van der Waals surface area contributed by atoms with Crippen molar-refractivity contribution in [3.63, 3.8) is 0 Å². The van der Waals surface area contributed by atoms with Crippen molar-refractivity contribution in [3.8, 4) is 5.75 Å². The van der Waals surface area contributed by atoms with Gasteiger partial charge in [0.25, 0.3) is 0 Å². The van der Waals surface area contributed by atoms with E-state index < -0.39 is 0 Å². The van der Waals surface area contributed by atoms with Gasteiger partial charge in [-0.1, -0.05) is 31.0 Å². The molecule has 0 aliphatic carbocycles. The highest BCUT2D eigenvalue weighted by Crippen LogP contribution is 2.41. The third-order valence-electron chi connectivity index (χ3n) is 3.66. The minimum absolute atomic E-state index is 0.0231. The van der Waals surface area contributed by atoms with E-state index in [1.165, 1.54) is 11.1 Å². The quantitative estimate of drug-likeness (QED) is 0.861. The van der Waals surface area contributed by atoms with Crippen LogP contribution >= 0.6 is 0 Å². The molecule has 0 saturated heterocycles. The molecule has 1 aromatic rings. The van der Waals surface area contributed by atoms with Crippen LogP contribution in [0.3, 0.4) is 0 Å². The third-order valence-corrected chi connectivity index (χ3v) is 3.66. The SMILES string of the molecule is CCCC1(C)CC(NC)c2cc(C)ccc2O1. The zero-order valence-electron chi connectivity index (χ0n) is 11.3. The van der Waals surface area contributed by atoms with Gasteiger partial charge in [-0.15, -0.1) is 0 Å². The van der Waals surface area contributed by atoms with Crippen molar-refractivity contribution >= 4 is 0 Å². The smallest absolute Gasteiger partial charge is 0.124 e. The van der Waals surface area contributed by atoms with E-state index in [1.54, 1.807) is 0 Å². The summed E-state index contributed by atoms with van der Waals surface area (Å²) in [5.41, 5.74) is 2.58. The van der Waals surface area contributed by atoms with Gasteiger partial charge in [0.1, 0.15) is 11.4 Å². The van der Waals surface area contributed by atoms with Gasteiger partial charge in [-0.05, 0) is 33.4 Å². The summed E-state index contributed by atoms with van der Waals surface area (Å²) in [6, 6.07) is 6.89. The third kappa shape index (κ3) is 2.47. The van der Waals surface area contributed by atoms with Gasteiger partial charge < -0.3 is 10.1 Å². The number of hydrogen-bond donors (Lipinski definition) is 1. The van der Waals surface area contributed by atoms with E-state index in [0.717, 1.165) is 25.0 Å². The lowest BCUT2D eigenvalue weighted by Crippen LogP contribution is -2.41. The fraction of sp³-hybridized carbons (Fsp3) is 0.600. The van der Waals surface area contributed by atoms with Crippen LogP contribution in [0.25, 0.3) is 0 Å². The standard InChI is InChI=1S/C15H23NO/c1-5-8-15(3)10-13(16-4)12-9-11(2)6-7-14(12)17-15/h6-7,9,13,16H,5,8,10H2,1-4H3. The predicted molar refractivity (Wildman–Crippen MR) is 71.5 cm³/mol. The first kappa shape index (κ1) is 12.4. The number of ether oxygens (including phenoxy) is 1. The van der Waals surface area contributed by atoms with Crippen LogP contribution in [-0.4, -0.2) is 12.6 Å². The Morgan fingerprint density at radius 3 is 2.88 bits per heavy atom. The highest BCUT2D eigenvalue weighted by Gasteiger charge is 2.35. The molecule has 2 atom stereocenters. The van der Waals surface area contributed by atoms with E-state index in [2.05, 4.69) is 44.3 Å². The summed E-state index contributed by atoms with van der Waals surface area (Å²) < 4.78 is 6.21. The van der Waals surface area contributed by atoms with E-state index in [1.807, 2.05) is 7.05 Å². The minimum atomic E-state index is -0.0231. The van der Waals surface area contributed by atoms with Crippen LogP contribution in [0.1, 0.15) is 50.3 Å². The van der Waals surface area contributed by atoms with Gasteiger partial charge >= 0.3 is 0 Å². The van der Waals surface area contributed by atoms with Crippen molar-refractivity contribution in [1.82, 2.24) is 5.32 Å². The molecule has 17 heavy (non-hydrogen) atoms. The van der Waals surface area contributed by atoms with Crippen molar-refractivity contribution < 1.29 is 4.74 Å². The fourth-order valence-electron chi connectivity index (χ4n) is 2.82. The lowest BCUT2D eigenvalue weighted by molar-refractivity contribution is 0.0402. The average molecular weight is 233 g/mol. The van der Waals surface area contributed by atoms with Crippen LogP contribution < -0.4 is 10.1 Å². The monoisotopic (exact) mass is 233 g/mol. The number of hydrogen-bond acceptors (Lipinski definition) is 2. The molecule has 0 aromatic heterocycles. The zero-order valence-corrected chi connectivity index (χ0v) is 11.3. The van der Waals surface area contributed by atoms with E-state index in [4.69, 9.17) is 4.74 Å². The number of nitrogens with one attached hydrogen (secondary N) is 1. The van der Waals surface area contributed by atoms with Crippen LogP contribution in [0.4, 0.5) is 0 Å². The summed E-state index contributed by atoms with van der Waals surface area (Å²) in [6.07, 6.45) is 3.32. The largest absolute Gasteiger partial charge is 0.487 e. The number of fused-ring (bicyclic) bond motifs is 1.